The van der Waals surface area contributed by atoms with Gasteiger partial charge < -0.3 is 4.90 Å². The van der Waals surface area contributed by atoms with Gasteiger partial charge in [-0.05, 0) is 47.3 Å². The summed E-state index contributed by atoms with van der Waals surface area (Å²) in [6, 6.07) is 8.73. The fourth-order valence-electron chi connectivity index (χ4n) is 2.81. The van der Waals surface area contributed by atoms with Gasteiger partial charge in [-0.25, -0.2) is 0 Å². The van der Waals surface area contributed by atoms with Crippen LogP contribution in [0.15, 0.2) is 28.7 Å². The molecule has 0 aliphatic carbocycles. The molecule has 3 rings (SSSR count). The second kappa shape index (κ2) is 5.00. The number of aryl methyl sites for hydroxylation is 3. The first-order valence-corrected chi connectivity index (χ1v) is 7.47. The average molecular weight is 320 g/mol. The van der Waals surface area contributed by atoms with Gasteiger partial charge in [-0.2, -0.15) is 5.10 Å². The van der Waals surface area contributed by atoms with Crippen molar-refractivity contribution in [2.45, 2.75) is 26.3 Å². The van der Waals surface area contributed by atoms with Crippen molar-refractivity contribution in [1.82, 2.24) is 9.78 Å². The fourth-order valence-corrected chi connectivity index (χ4v) is 3.27. The number of rotatable bonds is 2. The zero-order valence-electron chi connectivity index (χ0n) is 11.4. The van der Waals surface area contributed by atoms with Crippen molar-refractivity contribution in [3.05, 3.63) is 45.7 Å². The van der Waals surface area contributed by atoms with Crippen molar-refractivity contribution in [3.63, 3.8) is 0 Å². The normalized spacial score (nSPS) is 14.6. The number of para-hydroxylation sites is 1. The first-order valence-electron chi connectivity index (χ1n) is 6.67. The quantitative estimate of drug-likeness (QED) is 0.845. The van der Waals surface area contributed by atoms with Crippen molar-refractivity contribution >= 4 is 21.6 Å². The molecule has 0 atom stereocenters. The predicted molar refractivity (Wildman–Crippen MR) is 81.5 cm³/mol. The van der Waals surface area contributed by atoms with Gasteiger partial charge in [-0.1, -0.05) is 18.2 Å². The van der Waals surface area contributed by atoms with Gasteiger partial charge in [-0.3, -0.25) is 4.68 Å². The Morgan fingerprint density at radius 3 is 2.84 bits per heavy atom. The lowest BCUT2D eigenvalue weighted by molar-refractivity contribution is 0.642. The Morgan fingerprint density at radius 2 is 2.11 bits per heavy atom. The van der Waals surface area contributed by atoms with E-state index in [1.54, 1.807) is 0 Å². The molecule has 0 saturated heterocycles. The molecule has 0 bridgehead atoms. The molecule has 3 nitrogen and oxygen atoms in total. The highest BCUT2D eigenvalue weighted by molar-refractivity contribution is 9.10. The summed E-state index contributed by atoms with van der Waals surface area (Å²) in [5, 5.41) is 4.48. The van der Waals surface area contributed by atoms with Crippen LogP contribution in [0.5, 0.6) is 0 Å². The molecular weight excluding hydrogens is 302 g/mol. The Bertz CT molecular complexity index is 603. The van der Waals surface area contributed by atoms with Gasteiger partial charge in [-0.15, -0.1) is 0 Å². The minimum absolute atomic E-state index is 0.912. The number of fused-ring (bicyclic) bond motifs is 1. The number of hydrogen-bond acceptors (Lipinski definition) is 2. The summed E-state index contributed by atoms with van der Waals surface area (Å²) in [7, 11) is 2.02. The molecule has 2 heterocycles. The molecule has 1 aromatic heterocycles. The Morgan fingerprint density at radius 1 is 1.32 bits per heavy atom. The first kappa shape index (κ1) is 12.7. The fraction of sp³-hybridized carbons (Fsp3) is 0.400. The molecule has 4 heteroatoms. The van der Waals surface area contributed by atoms with E-state index in [0.29, 0.717) is 0 Å². The number of hydrogen-bond donors (Lipinski definition) is 0. The van der Waals surface area contributed by atoms with Gasteiger partial charge in [0.1, 0.15) is 0 Å². The van der Waals surface area contributed by atoms with E-state index >= 15 is 0 Å². The third-order valence-electron chi connectivity index (χ3n) is 3.81. The molecule has 1 aliphatic heterocycles. The van der Waals surface area contributed by atoms with Crippen molar-refractivity contribution in [3.8, 4) is 0 Å². The van der Waals surface area contributed by atoms with Crippen LogP contribution in [0.1, 0.15) is 23.4 Å². The van der Waals surface area contributed by atoms with Crippen molar-refractivity contribution < 1.29 is 0 Å². The van der Waals surface area contributed by atoms with Gasteiger partial charge in [0.05, 0.1) is 22.4 Å². The number of halogens is 1. The van der Waals surface area contributed by atoms with E-state index < -0.39 is 0 Å². The Balaban J connectivity index is 1.93. The maximum Gasteiger partial charge on any atom is 0.0739 e. The molecule has 0 fully saturated rings. The molecule has 100 valence electrons. The summed E-state index contributed by atoms with van der Waals surface area (Å²) in [4.78, 5) is 2.46. The Hall–Kier alpha value is -1.29. The second-order valence-corrected chi connectivity index (χ2v) is 5.92. The second-order valence-electron chi connectivity index (χ2n) is 5.12. The van der Waals surface area contributed by atoms with Gasteiger partial charge in [0, 0.05) is 19.3 Å². The molecule has 0 N–H and O–H groups in total. The molecule has 2 aromatic rings. The zero-order valence-corrected chi connectivity index (χ0v) is 12.9. The van der Waals surface area contributed by atoms with Gasteiger partial charge in [0.2, 0.25) is 0 Å². The highest BCUT2D eigenvalue weighted by atomic mass is 79.9. The van der Waals surface area contributed by atoms with E-state index in [0.717, 1.165) is 23.3 Å². The summed E-state index contributed by atoms with van der Waals surface area (Å²) in [6.45, 7) is 4.07. The van der Waals surface area contributed by atoms with Crippen LogP contribution in [-0.2, 0) is 20.0 Å². The third kappa shape index (κ3) is 2.29. The summed E-state index contributed by atoms with van der Waals surface area (Å²) >= 11 is 3.66. The topological polar surface area (TPSA) is 21.1 Å². The van der Waals surface area contributed by atoms with E-state index in [4.69, 9.17) is 0 Å². The first-order chi connectivity index (χ1) is 9.16. The van der Waals surface area contributed by atoms with Crippen LogP contribution in [0.25, 0.3) is 0 Å². The van der Waals surface area contributed by atoms with E-state index in [1.165, 1.54) is 29.8 Å². The van der Waals surface area contributed by atoms with Crippen LogP contribution in [0.4, 0.5) is 5.69 Å². The van der Waals surface area contributed by atoms with Crippen molar-refractivity contribution in [2.24, 2.45) is 7.05 Å². The number of benzene rings is 1. The van der Waals surface area contributed by atoms with Crippen LogP contribution in [0.2, 0.25) is 0 Å². The Kier molecular flexibility index (Phi) is 3.35. The zero-order chi connectivity index (χ0) is 13.4. The molecule has 0 radical (unpaired) electrons. The maximum atomic E-state index is 4.48. The van der Waals surface area contributed by atoms with Gasteiger partial charge in [0.25, 0.3) is 0 Å². The lowest BCUT2D eigenvalue weighted by Crippen LogP contribution is -2.29. The molecule has 1 aromatic carbocycles. The van der Waals surface area contributed by atoms with Crippen LogP contribution in [-0.4, -0.2) is 16.3 Å². The predicted octanol–water partition coefficient (Wildman–Crippen LogP) is 3.44. The summed E-state index contributed by atoms with van der Waals surface area (Å²) in [5.41, 5.74) is 5.14. The summed E-state index contributed by atoms with van der Waals surface area (Å²) in [6.07, 6.45) is 2.42. The lowest BCUT2D eigenvalue weighted by atomic mass is 10.0. The maximum absolute atomic E-state index is 4.48. The standard InChI is InChI=1S/C15H18BrN3/c1-11-15(16)14(18(2)17-11)10-19-9-5-7-12-6-3-4-8-13(12)19/h3-4,6,8H,5,7,9-10H2,1-2H3. The van der Waals surface area contributed by atoms with Crippen LogP contribution >= 0.6 is 15.9 Å². The van der Waals surface area contributed by atoms with Gasteiger partial charge in [0.15, 0.2) is 0 Å². The van der Waals surface area contributed by atoms with Crippen LogP contribution in [0.3, 0.4) is 0 Å². The molecular formula is C15H18BrN3. The Labute approximate surface area is 122 Å². The van der Waals surface area contributed by atoms with Crippen molar-refractivity contribution in [1.29, 1.82) is 0 Å². The van der Waals surface area contributed by atoms with Crippen LogP contribution < -0.4 is 4.90 Å². The summed E-state index contributed by atoms with van der Waals surface area (Å²) in [5.74, 6) is 0. The van der Waals surface area contributed by atoms with Crippen LogP contribution in [0, 0.1) is 6.92 Å². The van der Waals surface area contributed by atoms with E-state index in [9.17, 15) is 0 Å². The van der Waals surface area contributed by atoms with E-state index in [1.807, 2.05) is 18.7 Å². The SMILES string of the molecule is Cc1nn(C)c(CN2CCCc3ccccc32)c1Br. The highest BCUT2D eigenvalue weighted by Crippen LogP contribution is 2.30. The average Bonchev–Trinajstić information content (AvgIpc) is 2.66. The lowest BCUT2D eigenvalue weighted by Gasteiger charge is -2.31. The number of anilines is 1. The minimum Gasteiger partial charge on any atom is -0.365 e. The third-order valence-corrected chi connectivity index (χ3v) is 4.84. The van der Waals surface area contributed by atoms with Gasteiger partial charge >= 0.3 is 0 Å². The molecule has 0 saturated carbocycles. The largest absolute Gasteiger partial charge is 0.365 e. The van der Waals surface area contributed by atoms with E-state index in [2.05, 4.69) is 50.2 Å². The monoisotopic (exact) mass is 319 g/mol. The molecule has 0 unspecified atom stereocenters. The molecule has 0 spiro atoms. The molecule has 1 aliphatic rings. The molecule has 19 heavy (non-hydrogen) atoms. The number of nitrogens with zero attached hydrogens (tertiary/aromatic N) is 3. The molecule has 0 amide bonds. The smallest absolute Gasteiger partial charge is 0.0739 e. The highest BCUT2D eigenvalue weighted by Gasteiger charge is 2.19. The number of aromatic nitrogens is 2. The minimum atomic E-state index is 0.912. The van der Waals surface area contributed by atoms with E-state index in [-0.39, 0.29) is 0 Å². The van der Waals surface area contributed by atoms with Crippen molar-refractivity contribution in [2.75, 3.05) is 11.4 Å². The summed E-state index contributed by atoms with van der Waals surface area (Å²) < 4.78 is 3.12.